The van der Waals surface area contributed by atoms with Crippen LogP contribution in [0, 0.1) is 6.92 Å². The van der Waals surface area contributed by atoms with E-state index in [2.05, 4.69) is 48.5 Å². The first kappa shape index (κ1) is 15.1. The number of fused-ring (bicyclic) bond motifs is 7. The number of rotatable bonds is 1. The molecular formula is C25H20O2. The second-order valence-corrected chi connectivity index (χ2v) is 7.63. The lowest BCUT2D eigenvalue weighted by Gasteiger charge is -2.24. The lowest BCUT2D eigenvalue weighted by atomic mass is 9.79. The molecule has 2 aliphatic carbocycles. The number of aryl methyl sites for hydroxylation is 3. The van der Waals surface area contributed by atoms with Crippen LogP contribution in [-0.2, 0) is 25.7 Å². The largest absolute Gasteiger partial charge is 0.466 e. The molecule has 0 spiro atoms. The van der Waals surface area contributed by atoms with Gasteiger partial charge in [-0.25, -0.2) is 0 Å². The second kappa shape index (κ2) is 5.50. The number of furan rings is 2. The van der Waals surface area contributed by atoms with E-state index in [1.165, 1.54) is 33.4 Å². The van der Waals surface area contributed by atoms with Crippen molar-refractivity contribution in [3.63, 3.8) is 0 Å². The van der Waals surface area contributed by atoms with Gasteiger partial charge in [-0.15, -0.1) is 0 Å². The Morgan fingerprint density at radius 1 is 0.630 bits per heavy atom. The molecule has 6 rings (SSSR count). The molecule has 0 saturated heterocycles. The highest BCUT2D eigenvalue weighted by Crippen LogP contribution is 2.45. The van der Waals surface area contributed by atoms with Crippen LogP contribution >= 0.6 is 0 Å². The molecule has 2 aromatic carbocycles. The lowest BCUT2D eigenvalue weighted by molar-refractivity contribution is 0.481. The van der Waals surface area contributed by atoms with E-state index < -0.39 is 0 Å². The number of hydrogen-bond donors (Lipinski definition) is 0. The van der Waals surface area contributed by atoms with Gasteiger partial charge in [0.15, 0.2) is 0 Å². The zero-order valence-corrected chi connectivity index (χ0v) is 15.3. The first-order valence-electron chi connectivity index (χ1n) is 9.71. The van der Waals surface area contributed by atoms with Crippen molar-refractivity contribution in [3.05, 3.63) is 83.0 Å². The highest BCUT2D eigenvalue weighted by Gasteiger charge is 2.28. The van der Waals surface area contributed by atoms with E-state index in [0.29, 0.717) is 0 Å². The maximum Gasteiger partial charge on any atom is 0.134 e. The highest BCUT2D eigenvalue weighted by atomic mass is 16.3. The first-order chi connectivity index (χ1) is 13.3. The third-order valence-corrected chi connectivity index (χ3v) is 6.02. The van der Waals surface area contributed by atoms with Crippen LogP contribution in [0.1, 0.15) is 28.4 Å². The van der Waals surface area contributed by atoms with Crippen molar-refractivity contribution in [2.45, 2.75) is 32.6 Å². The normalized spacial score (nSPS) is 14.3. The van der Waals surface area contributed by atoms with Gasteiger partial charge in [0.05, 0.1) is 0 Å². The fourth-order valence-electron chi connectivity index (χ4n) is 4.81. The van der Waals surface area contributed by atoms with E-state index in [-0.39, 0.29) is 0 Å². The summed E-state index contributed by atoms with van der Waals surface area (Å²) in [5.41, 5.74) is 9.43. The summed E-state index contributed by atoms with van der Waals surface area (Å²) >= 11 is 0. The van der Waals surface area contributed by atoms with Gasteiger partial charge in [0.2, 0.25) is 0 Å². The summed E-state index contributed by atoms with van der Waals surface area (Å²) in [7, 11) is 0. The molecular weight excluding hydrogens is 332 g/mol. The fourth-order valence-corrected chi connectivity index (χ4v) is 4.81. The molecule has 0 unspecified atom stereocenters. The lowest BCUT2D eigenvalue weighted by Crippen LogP contribution is -2.10. The average Bonchev–Trinajstić information content (AvgIpc) is 3.31. The van der Waals surface area contributed by atoms with Gasteiger partial charge in [0, 0.05) is 29.5 Å². The predicted octanol–water partition coefficient (Wildman–Crippen LogP) is 6.38. The van der Waals surface area contributed by atoms with Gasteiger partial charge in [0.1, 0.15) is 23.0 Å². The van der Waals surface area contributed by atoms with Gasteiger partial charge in [0.25, 0.3) is 0 Å². The van der Waals surface area contributed by atoms with Crippen molar-refractivity contribution < 1.29 is 8.83 Å². The predicted molar refractivity (Wildman–Crippen MR) is 107 cm³/mol. The van der Waals surface area contributed by atoms with Crippen molar-refractivity contribution >= 4 is 0 Å². The minimum atomic E-state index is 0.971. The molecule has 0 atom stereocenters. The Hall–Kier alpha value is -3.00. The summed E-state index contributed by atoms with van der Waals surface area (Å²) < 4.78 is 12.1. The monoisotopic (exact) mass is 352 g/mol. The van der Waals surface area contributed by atoms with Crippen LogP contribution in [0.2, 0.25) is 0 Å². The van der Waals surface area contributed by atoms with E-state index in [4.69, 9.17) is 8.83 Å². The molecule has 0 saturated carbocycles. The highest BCUT2D eigenvalue weighted by molar-refractivity contribution is 5.83. The van der Waals surface area contributed by atoms with Crippen LogP contribution in [0.25, 0.3) is 33.6 Å². The van der Waals surface area contributed by atoms with Crippen molar-refractivity contribution in [2.24, 2.45) is 0 Å². The third-order valence-electron chi connectivity index (χ3n) is 6.02. The molecule has 0 amide bonds. The Bertz CT molecular complexity index is 1170. The minimum Gasteiger partial charge on any atom is -0.466 e. The van der Waals surface area contributed by atoms with Crippen molar-refractivity contribution in [3.8, 4) is 33.6 Å². The molecule has 2 aliphatic rings. The Morgan fingerprint density at radius 3 is 1.96 bits per heavy atom. The van der Waals surface area contributed by atoms with Crippen LogP contribution in [0.4, 0.5) is 0 Å². The number of benzene rings is 2. The van der Waals surface area contributed by atoms with Crippen molar-refractivity contribution in [1.29, 1.82) is 0 Å². The average molecular weight is 352 g/mol. The van der Waals surface area contributed by atoms with Crippen LogP contribution in [0.15, 0.2) is 63.4 Å². The smallest absolute Gasteiger partial charge is 0.134 e. The van der Waals surface area contributed by atoms with Gasteiger partial charge in [-0.3, -0.25) is 0 Å². The van der Waals surface area contributed by atoms with E-state index in [1.54, 1.807) is 0 Å². The standard InChI is InChI=1S/C25H20O2/c1-15-13-21-19-7-8-20-18(17(19)9-11-23(21)26-15)10-12-24-22(20)14-25(27-24)16-5-3-2-4-6-16/h2-8,13-14H,9-12H2,1H3. The molecule has 2 nitrogen and oxygen atoms in total. The van der Waals surface area contributed by atoms with Gasteiger partial charge in [-0.1, -0.05) is 42.5 Å². The summed E-state index contributed by atoms with van der Waals surface area (Å²) in [6.07, 6.45) is 4.10. The second-order valence-electron chi connectivity index (χ2n) is 7.63. The van der Waals surface area contributed by atoms with Crippen LogP contribution in [-0.4, -0.2) is 0 Å². The Balaban J connectivity index is 1.51. The quantitative estimate of drug-likeness (QED) is 0.397. The minimum absolute atomic E-state index is 0.971. The van der Waals surface area contributed by atoms with Gasteiger partial charge in [-0.2, -0.15) is 0 Å². The summed E-state index contributed by atoms with van der Waals surface area (Å²) in [5.74, 6) is 4.25. The zero-order valence-electron chi connectivity index (χ0n) is 15.3. The van der Waals surface area contributed by atoms with Crippen LogP contribution in [0.3, 0.4) is 0 Å². The van der Waals surface area contributed by atoms with Crippen LogP contribution < -0.4 is 0 Å². The summed E-state index contributed by atoms with van der Waals surface area (Å²) in [6, 6.07) is 19.4. The maximum absolute atomic E-state index is 6.24. The fraction of sp³-hybridized carbons (Fsp3) is 0.200. The topological polar surface area (TPSA) is 26.3 Å². The number of hydrogen-bond acceptors (Lipinski definition) is 2. The van der Waals surface area contributed by atoms with Crippen molar-refractivity contribution in [2.75, 3.05) is 0 Å². The first-order valence-corrected chi connectivity index (χ1v) is 9.71. The molecule has 2 heteroatoms. The molecule has 2 aromatic heterocycles. The summed E-state index contributed by atoms with van der Waals surface area (Å²) in [5, 5.41) is 0. The van der Waals surface area contributed by atoms with E-state index in [0.717, 1.165) is 54.3 Å². The Labute approximate surface area is 158 Å². The molecule has 0 bridgehead atoms. The molecule has 4 aromatic rings. The van der Waals surface area contributed by atoms with Crippen molar-refractivity contribution in [1.82, 2.24) is 0 Å². The van der Waals surface area contributed by atoms with Gasteiger partial charge >= 0.3 is 0 Å². The Kier molecular flexibility index (Phi) is 3.07. The van der Waals surface area contributed by atoms with E-state index in [1.807, 2.05) is 13.0 Å². The van der Waals surface area contributed by atoms with E-state index in [9.17, 15) is 0 Å². The molecule has 0 radical (unpaired) electrons. The molecule has 132 valence electrons. The molecule has 0 aliphatic heterocycles. The zero-order chi connectivity index (χ0) is 18.0. The van der Waals surface area contributed by atoms with Gasteiger partial charge < -0.3 is 8.83 Å². The van der Waals surface area contributed by atoms with E-state index >= 15 is 0 Å². The summed E-state index contributed by atoms with van der Waals surface area (Å²) in [6.45, 7) is 2.04. The Morgan fingerprint density at radius 2 is 1.26 bits per heavy atom. The SMILES string of the molecule is Cc1cc2c(o1)CCc1c-2ccc2c1CCc1oc(-c3ccccc3)cc1-2. The maximum atomic E-state index is 6.24. The third kappa shape index (κ3) is 2.19. The van der Waals surface area contributed by atoms with Gasteiger partial charge in [-0.05, 0) is 54.2 Å². The van der Waals surface area contributed by atoms with Crippen LogP contribution in [0.5, 0.6) is 0 Å². The molecule has 0 fully saturated rings. The molecule has 2 heterocycles. The molecule has 0 N–H and O–H groups in total. The molecule has 27 heavy (non-hydrogen) atoms. The summed E-state index contributed by atoms with van der Waals surface area (Å²) in [4.78, 5) is 0.